The number of benzene rings is 1. The molecule has 1 fully saturated rings. The van der Waals surface area contributed by atoms with Crippen LogP contribution in [0.2, 0.25) is 0 Å². The lowest BCUT2D eigenvalue weighted by Gasteiger charge is -2.31. The number of carboxylic acid groups (broad SMARTS) is 1. The average Bonchev–Trinajstić information content (AvgIpc) is 2.67. The highest BCUT2D eigenvalue weighted by Gasteiger charge is 2.34. The molecule has 1 aromatic rings. The number of aromatic carboxylic acids is 1. The molecule has 0 spiro atoms. The van der Waals surface area contributed by atoms with Gasteiger partial charge in [0.25, 0.3) is 0 Å². The van der Waals surface area contributed by atoms with Crippen molar-refractivity contribution in [2.75, 3.05) is 26.8 Å². The van der Waals surface area contributed by atoms with Crippen molar-refractivity contribution >= 4 is 21.9 Å². The van der Waals surface area contributed by atoms with Gasteiger partial charge in [-0.25, -0.2) is 13.2 Å². The van der Waals surface area contributed by atoms with Crippen LogP contribution in [0.15, 0.2) is 29.2 Å². The fraction of sp³-hybridized carbons (Fsp3) is 0.556. The van der Waals surface area contributed by atoms with Gasteiger partial charge in [0.1, 0.15) is 0 Å². The molecule has 1 atom stereocenters. The van der Waals surface area contributed by atoms with Crippen LogP contribution in [0, 0.1) is 5.92 Å². The predicted octanol–water partition coefficient (Wildman–Crippen LogP) is 1.33. The van der Waals surface area contributed by atoms with E-state index in [-0.39, 0.29) is 41.4 Å². The van der Waals surface area contributed by atoms with Gasteiger partial charge in [-0.3, -0.25) is 4.79 Å². The predicted molar refractivity (Wildman–Crippen MR) is 99.0 cm³/mol. The molecule has 0 radical (unpaired) electrons. The van der Waals surface area contributed by atoms with Crippen molar-refractivity contribution in [1.82, 2.24) is 9.62 Å². The fourth-order valence-corrected chi connectivity index (χ4v) is 4.80. The maximum Gasteiger partial charge on any atom is 0.337 e. The highest BCUT2D eigenvalue weighted by Crippen LogP contribution is 2.26. The number of sulfonamides is 1. The second-order valence-corrected chi connectivity index (χ2v) is 8.46. The molecule has 0 saturated carbocycles. The van der Waals surface area contributed by atoms with E-state index in [1.54, 1.807) is 7.11 Å². The van der Waals surface area contributed by atoms with Gasteiger partial charge in [-0.05, 0) is 31.4 Å². The maximum atomic E-state index is 12.8. The smallest absolute Gasteiger partial charge is 0.337 e. The van der Waals surface area contributed by atoms with Gasteiger partial charge in [0.2, 0.25) is 15.9 Å². The van der Waals surface area contributed by atoms with E-state index in [0.29, 0.717) is 19.4 Å². The first-order valence-electron chi connectivity index (χ1n) is 8.93. The summed E-state index contributed by atoms with van der Waals surface area (Å²) in [5.74, 6) is -1.65. The quantitative estimate of drug-likeness (QED) is 0.683. The number of piperidine rings is 1. The van der Waals surface area contributed by atoms with Gasteiger partial charge in [0, 0.05) is 26.1 Å². The van der Waals surface area contributed by atoms with E-state index in [9.17, 15) is 23.1 Å². The van der Waals surface area contributed by atoms with Crippen molar-refractivity contribution in [3.8, 4) is 0 Å². The van der Waals surface area contributed by atoms with Gasteiger partial charge in [0.05, 0.1) is 23.1 Å². The SMILES string of the molecule is CCC(COC)NC(=O)C1CCN(S(=O)(=O)c2ccccc2C(=O)O)CC1. The lowest BCUT2D eigenvalue weighted by Crippen LogP contribution is -2.46. The van der Waals surface area contributed by atoms with Crippen LogP contribution in [0.4, 0.5) is 0 Å². The highest BCUT2D eigenvalue weighted by atomic mass is 32.2. The zero-order valence-corrected chi connectivity index (χ0v) is 16.4. The Morgan fingerprint density at radius 1 is 1.30 bits per heavy atom. The monoisotopic (exact) mass is 398 g/mol. The number of hydrogen-bond donors (Lipinski definition) is 2. The van der Waals surface area contributed by atoms with Crippen LogP contribution in [0.1, 0.15) is 36.5 Å². The molecule has 150 valence electrons. The van der Waals surface area contributed by atoms with Crippen molar-refractivity contribution in [2.24, 2.45) is 5.92 Å². The van der Waals surface area contributed by atoms with Crippen LogP contribution >= 0.6 is 0 Å². The Morgan fingerprint density at radius 2 is 1.93 bits per heavy atom. The lowest BCUT2D eigenvalue weighted by atomic mass is 9.97. The molecule has 2 N–H and O–H groups in total. The molecule has 1 aliphatic rings. The first-order chi connectivity index (χ1) is 12.8. The topological polar surface area (TPSA) is 113 Å². The van der Waals surface area contributed by atoms with Crippen LogP contribution in [-0.2, 0) is 19.6 Å². The number of carbonyl (C=O) groups is 2. The number of rotatable bonds is 8. The number of nitrogens with zero attached hydrogens (tertiary/aromatic N) is 1. The molecule has 9 heteroatoms. The van der Waals surface area contributed by atoms with Gasteiger partial charge >= 0.3 is 5.97 Å². The highest BCUT2D eigenvalue weighted by molar-refractivity contribution is 7.89. The van der Waals surface area contributed by atoms with Crippen LogP contribution in [0.5, 0.6) is 0 Å². The minimum atomic E-state index is -3.92. The summed E-state index contributed by atoms with van der Waals surface area (Å²) >= 11 is 0. The van der Waals surface area contributed by atoms with Gasteiger partial charge in [0.15, 0.2) is 0 Å². The molecule has 0 aliphatic carbocycles. The molecule has 27 heavy (non-hydrogen) atoms. The Balaban J connectivity index is 2.05. The molecule has 2 rings (SSSR count). The van der Waals surface area contributed by atoms with E-state index in [1.165, 1.54) is 28.6 Å². The number of methoxy groups -OCH3 is 1. The molecule has 1 unspecified atom stereocenters. The van der Waals surface area contributed by atoms with E-state index in [1.807, 2.05) is 6.92 Å². The summed E-state index contributed by atoms with van der Waals surface area (Å²) in [5.41, 5.74) is -0.247. The van der Waals surface area contributed by atoms with E-state index < -0.39 is 16.0 Å². The third-order valence-corrected chi connectivity index (χ3v) is 6.72. The van der Waals surface area contributed by atoms with Crippen molar-refractivity contribution in [2.45, 2.75) is 37.1 Å². The molecule has 0 bridgehead atoms. The van der Waals surface area contributed by atoms with E-state index in [0.717, 1.165) is 6.42 Å². The summed E-state index contributed by atoms with van der Waals surface area (Å²) in [6.45, 7) is 2.74. The van der Waals surface area contributed by atoms with Gasteiger partial charge in [-0.2, -0.15) is 4.31 Å². The lowest BCUT2D eigenvalue weighted by molar-refractivity contribution is -0.127. The van der Waals surface area contributed by atoms with E-state index in [2.05, 4.69) is 5.32 Å². The number of hydrogen-bond acceptors (Lipinski definition) is 5. The molecule has 8 nitrogen and oxygen atoms in total. The molecule has 1 amide bonds. The summed E-state index contributed by atoms with van der Waals surface area (Å²) in [5, 5.41) is 12.2. The summed E-state index contributed by atoms with van der Waals surface area (Å²) < 4.78 is 32.0. The number of carbonyl (C=O) groups excluding carboxylic acids is 1. The summed E-state index contributed by atoms with van der Waals surface area (Å²) in [6, 6.07) is 5.50. The van der Waals surface area contributed by atoms with Crippen molar-refractivity contribution < 1.29 is 27.9 Å². The third kappa shape index (κ3) is 5.06. The molecule has 1 heterocycles. The minimum Gasteiger partial charge on any atom is -0.478 e. The Kier molecular flexibility index (Phi) is 7.34. The molecule has 1 saturated heterocycles. The van der Waals surface area contributed by atoms with Crippen LogP contribution in [0.25, 0.3) is 0 Å². The van der Waals surface area contributed by atoms with Gasteiger partial charge < -0.3 is 15.2 Å². The maximum absolute atomic E-state index is 12.8. The molecule has 1 aromatic carbocycles. The first kappa shape index (κ1) is 21.3. The van der Waals surface area contributed by atoms with Crippen molar-refractivity contribution in [1.29, 1.82) is 0 Å². The van der Waals surface area contributed by atoms with E-state index >= 15 is 0 Å². The Labute approximate surface area is 159 Å². The molecular formula is C18H26N2O6S. The summed E-state index contributed by atoms with van der Waals surface area (Å²) in [6.07, 6.45) is 1.53. The first-order valence-corrected chi connectivity index (χ1v) is 10.4. The van der Waals surface area contributed by atoms with Gasteiger partial charge in [-0.15, -0.1) is 0 Å². The van der Waals surface area contributed by atoms with Crippen LogP contribution in [-0.4, -0.2) is 62.6 Å². The second kappa shape index (κ2) is 9.29. The zero-order valence-electron chi connectivity index (χ0n) is 15.6. The number of nitrogens with one attached hydrogen (secondary N) is 1. The summed E-state index contributed by atoms with van der Waals surface area (Å²) in [4.78, 5) is 23.5. The normalized spacial score (nSPS) is 17.4. The second-order valence-electron chi connectivity index (χ2n) is 6.55. The number of ether oxygens (including phenoxy) is 1. The molecule has 1 aliphatic heterocycles. The van der Waals surface area contributed by atoms with Gasteiger partial charge in [-0.1, -0.05) is 19.1 Å². The Morgan fingerprint density at radius 3 is 2.48 bits per heavy atom. The standard InChI is InChI=1S/C18H26N2O6S/c1-3-14(12-26-2)19-17(21)13-8-10-20(11-9-13)27(24,25)16-7-5-4-6-15(16)18(22)23/h4-7,13-14H,3,8-12H2,1-2H3,(H,19,21)(H,22,23). The molecule has 0 aromatic heterocycles. The Hall–Kier alpha value is -1.97. The van der Waals surface area contributed by atoms with Crippen molar-refractivity contribution in [3.63, 3.8) is 0 Å². The van der Waals surface area contributed by atoms with Crippen LogP contribution < -0.4 is 5.32 Å². The summed E-state index contributed by atoms with van der Waals surface area (Å²) in [7, 11) is -2.35. The van der Waals surface area contributed by atoms with E-state index in [4.69, 9.17) is 4.74 Å². The fourth-order valence-electron chi connectivity index (χ4n) is 3.15. The number of carboxylic acids is 1. The number of amides is 1. The zero-order chi connectivity index (χ0) is 20.0. The largest absolute Gasteiger partial charge is 0.478 e. The Bertz CT molecular complexity index is 772. The average molecular weight is 398 g/mol. The molecular weight excluding hydrogens is 372 g/mol. The van der Waals surface area contributed by atoms with Crippen molar-refractivity contribution in [3.05, 3.63) is 29.8 Å². The minimum absolute atomic E-state index is 0.0632. The third-order valence-electron chi connectivity index (χ3n) is 4.77. The van der Waals surface area contributed by atoms with Crippen LogP contribution in [0.3, 0.4) is 0 Å².